The highest BCUT2D eigenvalue weighted by molar-refractivity contribution is 5.68. The van der Waals surface area contributed by atoms with Gasteiger partial charge in [-0.25, -0.2) is 0 Å². The number of methoxy groups -OCH3 is 1. The molecular formula is C13H19NO7. The molecule has 4 unspecified atom stereocenters. The van der Waals surface area contributed by atoms with E-state index in [0.717, 1.165) is 13.8 Å². The van der Waals surface area contributed by atoms with E-state index in [1.807, 2.05) is 0 Å². The van der Waals surface area contributed by atoms with Crippen LogP contribution < -0.4 is 0 Å². The zero-order valence-corrected chi connectivity index (χ0v) is 12.6. The van der Waals surface area contributed by atoms with Crippen LogP contribution >= 0.6 is 0 Å². The van der Waals surface area contributed by atoms with E-state index in [-0.39, 0.29) is 0 Å². The molecule has 0 aromatic rings. The molecule has 0 aliphatic heterocycles. The number of nitrogens with zero attached hydrogens (tertiary/aromatic N) is 1. The molecule has 21 heavy (non-hydrogen) atoms. The average Bonchev–Trinajstić information content (AvgIpc) is 2.35. The van der Waals surface area contributed by atoms with Gasteiger partial charge < -0.3 is 18.9 Å². The van der Waals surface area contributed by atoms with Crippen LogP contribution in [0.5, 0.6) is 0 Å². The average molecular weight is 301 g/mol. The molecular weight excluding hydrogens is 282 g/mol. The third kappa shape index (κ3) is 6.72. The van der Waals surface area contributed by atoms with Gasteiger partial charge in [-0.2, -0.15) is 5.26 Å². The summed E-state index contributed by atoms with van der Waals surface area (Å²) in [5, 5.41) is 9.07. The molecule has 0 aromatic heterocycles. The van der Waals surface area contributed by atoms with Gasteiger partial charge in [0.2, 0.25) is 6.10 Å². The van der Waals surface area contributed by atoms with Gasteiger partial charge >= 0.3 is 17.9 Å². The smallest absolute Gasteiger partial charge is 0.304 e. The van der Waals surface area contributed by atoms with Crippen LogP contribution in [0.25, 0.3) is 0 Å². The number of hydrogen-bond acceptors (Lipinski definition) is 8. The standard InChI is InChI=1S/C13H19NO7/c1-7(19-8(2)15)12(21-10(4)17)13(18-5)11(6-14)20-9(3)16/h7,11-13H,1-5H3. The Bertz CT molecular complexity index is 429. The fourth-order valence-corrected chi connectivity index (χ4v) is 1.73. The first-order chi connectivity index (χ1) is 9.72. The Morgan fingerprint density at radius 1 is 0.905 bits per heavy atom. The van der Waals surface area contributed by atoms with E-state index in [0.29, 0.717) is 0 Å². The topological polar surface area (TPSA) is 112 Å². The van der Waals surface area contributed by atoms with Gasteiger partial charge in [0.05, 0.1) is 0 Å². The van der Waals surface area contributed by atoms with Crippen LogP contribution in [0.2, 0.25) is 0 Å². The summed E-state index contributed by atoms with van der Waals surface area (Å²) in [6.45, 7) is 4.96. The van der Waals surface area contributed by atoms with E-state index in [1.165, 1.54) is 21.0 Å². The fraction of sp³-hybridized carbons (Fsp3) is 0.692. The SMILES string of the molecule is COC(C(C#N)OC(C)=O)C(OC(C)=O)C(C)OC(C)=O. The molecule has 0 saturated heterocycles. The van der Waals surface area contributed by atoms with E-state index < -0.39 is 42.3 Å². The van der Waals surface area contributed by atoms with Crippen molar-refractivity contribution < 1.29 is 33.3 Å². The second-order valence-electron chi connectivity index (χ2n) is 4.25. The molecule has 0 radical (unpaired) electrons. The molecule has 0 spiro atoms. The largest absolute Gasteiger partial charge is 0.459 e. The number of ether oxygens (including phenoxy) is 4. The molecule has 8 nitrogen and oxygen atoms in total. The monoisotopic (exact) mass is 301 g/mol. The predicted octanol–water partition coefficient (Wildman–Crippen LogP) is 0.340. The molecule has 0 rings (SSSR count). The van der Waals surface area contributed by atoms with Gasteiger partial charge in [-0.1, -0.05) is 0 Å². The highest BCUT2D eigenvalue weighted by Gasteiger charge is 2.39. The van der Waals surface area contributed by atoms with E-state index in [9.17, 15) is 14.4 Å². The quantitative estimate of drug-likeness (QED) is 0.488. The maximum Gasteiger partial charge on any atom is 0.304 e. The summed E-state index contributed by atoms with van der Waals surface area (Å²) in [5.41, 5.74) is 0. The molecule has 0 amide bonds. The van der Waals surface area contributed by atoms with Crippen molar-refractivity contribution in [3.05, 3.63) is 0 Å². The molecule has 0 heterocycles. The summed E-state index contributed by atoms with van der Waals surface area (Å²) in [6.07, 6.45) is -4.39. The zero-order chi connectivity index (χ0) is 16.6. The Kier molecular flexibility index (Phi) is 8.01. The molecule has 0 saturated carbocycles. The van der Waals surface area contributed by atoms with Gasteiger partial charge in [-0.3, -0.25) is 14.4 Å². The van der Waals surface area contributed by atoms with Crippen LogP contribution in [0.4, 0.5) is 0 Å². The van der Waals surface area contributed by atoms with Gasteiger partial charge in [0.15, 0.2) is 6.10 Å². The van der Waals surface area contributed by atoms with E-state index >= 15 is 0 Å². The lowest BCUT2D eigenvalue weighted by Crippen LogP contribution is -2.49. The molecule has 0 aliphatic rings. The summed E-state index contributed by atoms with van der Waals surface area (Å²) < 4.78 is 19.9. The third-order valence-electron chi connectivity index (χ3n) is 2.43. The second-order valence-corrected chi connectivity index (χ2v) is 4.25. The maximum atomic E-state index is 11.2. The number of rotatable bonds is 7. The third-order valence-corrected chi connectivity index (χ3v) is 2.43. The lowest BCUT2D eigenvalue weighted by atomic mass is 10.0. The van der Waals surface area contributed by atoms with Gasteiger partial charge in [-0.15, -0.1) is 0 Å². The Labute approximate surface area is 122 Å². The van der Waals surface area contributed by atoms with E-state index in [1.54, 1.807) is 6.07 Å². The van der Waals surface area contributed by atoms with Crippen molar-refractivity contribution in [3.63, 3.8) is 0 Å². The molecule has 0 bridgehead atoms. The molecule has 118 valence electrons. The highest BCUT2D eigenvalue weighted by atomic mass is 16.6. The maximum absolute atomic E-state index is 11.2. The van der Waals surface area contributed by atoms with Gasteiger partial charge in [-0.05, 0) is 6.92 Å². The lowest BCUT2D eigenvalue weighted by Gasteiger charge is -2.31. The number of nitriles is 1. The summed E-state index contributed by atoms with van der Waals surface area (Å²) in [4.78, 5) is 33.2. The van der Waals surface area contributed by atoms with Crippen molar-refractivity contribution in [1.29, 1.82) is 5.26 Å². The molecule has 0 aliphatic carbocycles. The summed E-state index contributed by atoms with van der Waals surface area (Å²) in [6, 6.07) is 1.75. The molecule has 8 heteroatoms. The lowest BCUT2D eigenvalue weighted by molar-refractivity contribution is -0.185. The van der Waals surface area contributed by atoms with Gasteiger partial charge in [0.25, 0.3) is 0 Å². The van der Waals surface area contributed by atoms with Crippen molar-refractivity contribution in [2.24, 2.45) is 0 Å². The highest BCUT2D eigenvalue weighted by Crippen LogP contribution is 2.17. The number of carbonyl (C=O) groups excluding carboxylic acids is 3. The second kappa shape index (κ2) is 8.92. The van der Waals surface area contributed by atoms with Gasteiger partial charge in [0, 0.05) is 27.9 Å². The van der Waals surface area contributed by atoms with Crippen molar-refractivity contribution in [3.8, 4) is 6.07 Å². The number of hydrogen-bond donors (Lipinski definition) is 0. The van der Waals surface area contributed by atoms with Gasteiger partial charge in [0.1, 0.15) is 18.3 Å². The Hall–Kier alpha value is -2.14. The Morgan fingerprint density at radius 2 is 1.38 bits per heavy atom. The van der Waals surface area contributed by atoms with Crippen LogP contribution in [0.15, 0.2) is 0 Å². The van der Waals surface area contributed by atoms with Crippen molar-refractivity contribution in [1.82, 2.24) is 0 Å². The first-order valence-corrected chi connectivity index (χ1v) is 6.17. The Morgan fingerprint density at radius 3 is 1.71 bits per heavy atom. The zero-order valence-electron chi connectivity index (χ0n) is 12.6. The molecule has 0 fully saturated rings. The van der Waals surface area contributed by atoms with Crippen LogP contribution in [0.1, 0.15) is 27.7 Å². The summed E-state index contributed by atoms with van der Waals surface area (Å²) >= 11 is 0. The minimum Gasteiger partial charge on any atom is -0.459 e. The van der Waals surface area contributed by atoms with Crippen molar-refractivity contribution >= 4 is 17.9 Å². The minimum atomic E-state index is -1.31. The molecule has 0 aromatic carbocycles. The predicted molar refractivity (Wildman–Crippen MR) is 68.7 cm³/mol. The van der Waals surface area contributed by atoms with E-state index in [2.05, 4.69) is 0 Å². The minimum absolute atomic E-state index is 0.588. The Balaban J connectivity index is 5.30. The summed E-state index contributed by atoms with van der Waals surface area (Å²) in [5.74, 6) is -1.93. The van der Waals surface area contributed by atoms with Crippen LogP contribution in [-0.4, -0.2) is 49.4 Å². The van der Waals surface area contributed by atoms with Crippen LogP contribution in [0, 0.1) is 11.3 Å². The number of carbonyl (C=O) groups is 3. The summed E-state index contributed by atoms with van der Waals surface area (Å²) in [7, 11) is 1.26. The fourth-order valence-electron chi connectivity index (χ4n) is 1.73. The first kappa shape index (κ1) is 18.9. The van der Waals surface area contributed by atoms with Crippen molar-refractivity contribution in [2.45, 2.75) is 52.1 Å². The number of esters is 3. The van der Waals surface area contributed by atoms with E-state index in [4.69, 9.17) is 24.2 Å². The van der Waals surface area contributed by atoms with Crippen molar-refractivity contribution in [2.75, 3.05) is 7.11 Å². The first-order valence-electron chi connectivity index (χ1n) is 6.17. The molecule has 0 N–H and O–H groups in total. The van der Waals surface area contributed by atoms with Crippen LogP contribution in [-0.2, 0) is 33.3 Å². The molecule has 4 atom stereocenters. The van der Waals surface area contributed by atoms with Crippen LogP contribution in [0.3, 0.4) is 0 Å². The normalized spacial score (nSPS) is 15.8.